The van der Waals surface area contributed by atoms with Gasteiger partial charge >= 0.3 is 0 Å². The Morgan fingerprint density at radius 1 is 1.29 bits per heavy atom. The molecule has 0 unspecified atom stereocenters. The molecule has 0 bridgehead atoms. The van der Waals surface area contributed by atoms with Gasteiger partial charge in [0.2, 0.25) is 0 Å². The predicted molar refractivity (Wildman–Crippen MR) is 56.0 cm³/mol. The van der Waals surface area contributed by atoms with Crippen molar-refractivity contribution in [3.05, 3.63) is 29.1 Å². The van der Waals surface area contributed by atoms with Crippen molar-refractivity contribution in [2.24, 2.45) is 5.41 Å². The van der Waals surface area contributed by atoms with Crippen LogP contribution < -0.4 is 0 Å². The van der Waals surface area contributed by atoms with Gasteiger partial charge in [-0.1, -0.05) is 20.8 Å². The molecule has 0 spiro atoms. The van der Waals surface area contributed by atoms with Crippen LogP contribution in [0.25, 0.3) is 0 Å². The number of benzene rings is 1. The largest absolute Gasteiger partial charge is 0.508 e. The summed E-state index contributed by atoms with van der Waals surface area (Å²) in [5.74, 6) is -0.0547. The molecular formula is C12H17FO. The molecule has 14 heavy (non-hydrogen) atoms. The lowest BCUT2D eigenvalue weighted by molar-refractivity contribution is 0.399. The molecule has 0 amide bonds. The van der Waals surface area contributed by atoms with E-state index in [1.807, 2.05) is 20.8 Å². The maximum atomic E-state index is 13.4. The maximum Gasteiger partial charge on any atom is 0.126 e. The Balaban J connectivity index is 3.04. The second-order valence-electron chi connectivity index (χ2n) is 4.97. The highest BCUT2D eigenvalue weighted by molar-refractivity contribution is 5.36. The third kappa shape index (κ3) is 2.72. The standard InChI is InChI=1S/C12H17FO/c1-8-5-10(13)9(6-11(8)14)7-12(2,3)4/h5-6,14H,7H2,1-4H3. The van der Waals surface area contributed by atoms with Gasteiger partial charge in [-0.2, -0.15) is 0 Å². The first-order valence-electron chi connectivity index (χ1n) is 4.77. The van der Waals surface area contributed by atoms with Crippen LogP contribution in [0.5, 0.6) is 5.75 Å². The minimum Gasteiger partial charge on any atom is -0.508 e. The second kappa shape index (κ2) is 3.60. The van der Waals surface area contributed by atoms with Crippen LogP contribution in [0.4, 0.5) is 4.39 Å². The van der Waals surface area contributed by atoms with E-state index in [4.69, 9.17) is 0 Å². The van der Waals surface area contributed by atoms with Gasteiger partial charge in [-0.05, 0) is 42.0 Å². The Kier molecular flexibility index (Phi) is 2.84. The van der Waals surface area contributed by atoms with Gasteiger partial charge in [0, 0.05) is 0 Å². The van der Waals surface area contributed by atoms with Crippen LogP contribution in [0.2, 0.25) is 0 Å². The highest BCUT2D eigenvalue weighted by Gasteiger charge is 2.15. The van der Waals surface area contributed by atoms with Crippen LogP contribution in [0.3, 0.4) is 0 Å². The lowest BCUT2D eigenvalue weighted by atomic mass is 9.87. The first-order valence-corrected chi connectivity index (χ1v) is 4.77. The van der Waals surface area contributed by atoms with E-state index in [0.717, 1.165) is 0 Å². The number of halogens is 1. The number of aromatic hydroxyl groups is 1. The number of rotatable bonds is 1. The van der Waals surface area contributed by atoms with Gasteiger partial charge < -0.3 is 5.11 Å². The van der Waals surface area contributed by atoms with Crippen LogP contribution in [-0.2, 0) is 6.42 Å². The Morgan fingerprint density at radius 3 is 2.36 bits per heavy atom. The number of phenols is 1. The molecule has 1 aromatic rings. The third-order valence-corrected chi connectivity index (χ3v) is 2.09. The number of hydrogen-bond acceptors (Lipinski definition) is 1. The van der Waals surface area contributed by atoms with Crippen molar-refractivity contribution in [1.29, 1.82) is 0 Å². The molecule has 0 saturated carbocycles. The summed E-state index contributed by atoms with van der Waals surface area (Å²) in [6.07, 6.45) is 0.632. The summed E-state index contributed by atoms with van der Waals surface area (Å²) in [5, 5.41) is 9.45. The molecule has 0 aliphatic rings. The summed E-state index contributed by atoms with van der Waals surface area (Å²) in [6.45, 7) is 7.83. The normalized spacial score (nSPS) is 11.8. The molecule has 0 radical (unpaired) electrons. The zero-order valence-electron chi connectivity index (χ0n) is 9.19. The monoisotopic (exact) mass is 196 g/mol. The van der Waals surface area contributed by atoms with Crippen molar-refractivity contribution in [3.8, 4) is 5.75 Å². The molecule has 1 aromatic carbocycles. The highest BCUT2D eigenvalue weighted by Crippen LogP contribution is 2.27. The molecule has 0 atom stereocenters. The van der Waals surface area contributed by atoms with Crippen LogP contribution in [0, 0.1) is 18.2 Å². The SMILES string of the molecule is Cc1cc(F)c(CC(C)(C)C)cc1O. The van der Waals surface area contributed by atoms with Gasteiger partial charge in [0.1, 0.15) is 11.6 Å². The number of aryl methyl sites for hydroxylation is 1. The predicted octanol–water partition coefficient (Wildman–Crippen LogP) is 3.43. The number of phenolic OH excluding ortho intramolecular Hbond substituents is 1. The van der Waals surface area contributed by atoms with E-state index in [2.05, 4.69) is 0 Å². The van der Waals surface area contributed by atoms with E-state index in [0.29, 0.717) is 17.5 Å². The Hall–Kier alpha value is -1.05. The second-order valence-corrected chi connectivity index (χ2v) is 4.97. The highest BCUT2D eigenvalue weighted by atomic mass is 19.1. The average Bonchev–Trinajstić information content (AvgIpc) is 1.97. The molecule has 0 aromatic heterocycles. The molecule has 1 N–H and O–H groups in total. The molecule has 0 saturated heterocycles. The minimum atomic E-state index is -0.227. The van der Waals surface area contributed by atoms with Gasteiger partial charge in [-0.25, -0.2) is 4.39 Å². The fourth-order valence-corrected chi connectivity index (χ4v) is 1.41. The van der Waals surface area contributed by atoms with Crippen LogP contribution >= 0.6 is 0 Å². The van der Waals surface area contributed by atoms with E-state index in [9.17, 15) is 9.50 Å². The lowest BCUT2D eigenvalue weighted by Gasteiger charge is -2.18. The van der Waals surface area contributed by atoms with Crippen molar-refractivity contribution in [3.63, 3.8) is 0 Å². The van der Waals surface area contributed by atoms with E-state index in [1.54, 1.807) is 6.92 Å². The fourth-order valence-electron chi connectivity index (χ4n) is 1.41. The molecule has 1 rings (SSSR count). The molecule has 0 heterocycles. The molecule has 1 nitrogen and oxygen atoms in total. The summed E-state index contributed by atoms with van der Waals surface area (Å²) < 4.78 is 13.4. The zero-order chi connectivity index (χ0) is 10.9. The third-order valence-electron chi connectivity index (χ3n) is 2.09. The summed E-state index contributed by atoms with van der Waals surface area (Å²) in [4.78, 5) is 0. The Bertz CT molecular complexity index is 337. The van der Waals surface area contributed by atoms with Gasteiger partial charge in [0.15, 0.2) is 0 Å². The summed E-state index contributed by atoms with van der Waals surface area (Å²) >= 11 is 0. The molecule has 2 heteroatoms. The van der Waals surface area contributed by atoms with E-state index in [1.165, 1.54) is 12.1 Å². The van der Waals surface area contributed by atoms with Gasteiger partial charge in [-0.3, -0.25) is 0 Å². The van der Waals surface area contributed by atoms with Crippen LogP contribution in [0.1, 0.15) is 31.9 Å². The molecule has 0 aliphatic carbocycles. The zero-order valence-corrected chi connectivity index (χ0v) is 9.19. The van der Waals surface area contributed by atoms with Crippen molar-refractivity contribution in [2.75, 3.05) is 0 Å². The van der Waals surface area contributed by atoms with Crippen molar-refractivity contribution in [2.45, 2.75) is 34.1 Å². The molecule has 0 aliphatic heterocycles. The first kappa shape index (κ1) is 11.0. The summed E-state index contributed by atoms with van der Waals surface area (Å²) in [5.41, 5.74) is 1.20. The van der Waals surface area contributed by atoms with Crippen molar-refractivity contribution < 1.29 is 9.50 Å². The van der Waals surface area contributed by atoms with E-state index in [-0.39, 0.29) is 17.0 Å². The Morgan fingerprint density at radius 2 is 1.86 bits per heavy atom. The van der Waals surface area contributed by atoms with Crippen LogP contribution in [0.15, 0.2) is 12.1 Å². The van der Waals surface area contributed by atoms with Crippen molar-refractivity contribution in [1.82, 2.24) is 0 Å². The molecule has 78 valence electrons. The van der Waals surface area contributed by atoms with Gasteiger partial charge in [0.05, 0.1) is 0 Å². The average molecular weight is 196 g/mol. The van der Waals surface area contributed by atoms with Crippen LogP contribution in [-0.4, -0.2) is 5.11 Å². The van der Waals surface area contributed by atoms with Gasteiger partial charge in [0.25, 0.3) is 0 Å². The molecule has 0 fully saturated rings. The smallest absolute Gasteiger partial charge is 0.126 e. The maximum absolute atomic E-state index is 13.4. The minimum absolute atomic E-state index is 0.0303. The summed E-state index contributed by atoms with van der Waals surface area (Å²) in [7, 11) is 0. The quantitative estimate of drug-likeness (QED) is 0.729. The van der Waals surface area contributed by atoms with Crippen molar-refractivity contribution >= 4 is 0 Å². The summed E-state index contributed by atoms with van der Waals surface area (Å²) in [6, 6.07) is 2.91. The van der Waals surface area contributed by atoms with E-state index < -0.39 is 0 Å². The molecular weight excluding hydrogens is 179 g/mol. The first-order chi connectivity index (χ1) is 6.29. The fraction of sp³-hybridized carbons (Fsp3) is 0.500. The van der Waals surface area contributed by atoms with Gasteiger partial charge in [-0.15, -0.1) is 0 Å². The topological polar surface area (TPSA) is 20.2 Å². The number of hydrogen-bond donors (Lipinski definition) is 1. The Labute approximate surface area is 84.6 Å². The lowest BCUT2D eigenvalue weighted by Crippen LogP contribution is -2.10. The van der Waals surface area contributed by atoms with E-state index >= 15 is 0 Å².